The van der Waals surface area contributed by atoms with E-state index in [0.717, 1.165) is 17.7 Å². The summed E-state index contributed by atoms with van der Waals surface area (Å²) in [7, 11) is 0. The van der Waals surface area contributed by atoms with Gasteiger partial charge in [0.25, 0.3) is 0 Å². The quantitative estimate of drug-likeness (QED) is 0.922. The van der Waals surface area contributed by atoms with Gasteiger partial charge in [0.15, 0.2) is 11.6 Å². The summed E-state index contributed by atoms with van der Waals surface area (Å²) in [4.78, 5) is 10.7. The predicted molar refractivity (Wildman–Crippen MR) is 64.1 cm³/mol. The van der Waals surface area contributed by atoms with Crippen LogP contribution in [0.2, 0.25) is 0 Å². The lowest BCUT2D eigenvalue weighted by Gasteiger charge is -2.06. The van der Waals surface area contributed by atoms with E-state index in [1.54, 1.807) is 12.1 Å². The zero-order chi connectivity index (χ0) is 13.8. The molecule has 0 radical (unpaired) electrons. The number of carboxylic acids is 1. The minimum absolute atomic E-state index is 0.144. The van der Waals surface area contributed by atoms with Crippen molar-refractivity contribution in [1.29, 1.82) is 0 Å². The Labute approximate surface area is 108 Å². The fourth-order valence-electron chi connectivity index (χ4n) is 1.48. The highest BCUT2D eigenvalue weighted by Gasteiger charge is 2.05. The zero-order valence-corrected chi connectivity index (χ0v) is 9.77. The third-order valence-electron chi connectivity index (χ3n) is 2.50. The van der Waals surface area contributed by atoms with Gasteiger partial charge in [-0.3, -0.25) is 0 Å². The van der Waals surface area contributed by atoms with Crippen molar-refractivity contribution >= 4 is 5.97 Å². The maximum absolute atomic E-state index is 12.9. The fourth-order valence-corrected chi connectivity index (χ4v) is 1.48. The molecule has 2 rings (SSSR count). The van der Waals surface area contributed by atoms with E-state index in [1.165, 1.54) is 18.2 Å². The van der Waals surface area contributed by atoms with E-state index in [9.17, 15) is 13.6 Å². The van der Waals surface area contributed by atoms with Gasteiger partial charge in [-0.05, 0) is 29.8 Å². The number of halogens is 2. The van der Waals surface area contributed by atoms with E-state index in [2.05, 4.69) is 0 Å². The second-order valence-electron chi connectivity index (χ2n) is 3.87. The maximum Gasteiger partial charge on any atom is 0.335 e. The molecule has 0 unspecified atom stereocenters. The van der Waals surface area contributed by atoms with Crippen LogP contribution in [0.25, 0.3) is 0 Å². The topological polar surface area (TPSA) is 46.5 Å². The van der Waals surface area contributed by atoms with Crippen LogP contribution in [0.4, 0.5) is 8.78 Å². The molecule has 0 saturated heterocycles. The highest BCUT2D eigenvalue weighted by Crippen LogP contribution is 2.17. The molecule has 0 aliphatic carbocycles. The predicted octanol–water partition coefficient (Wildman–Crippen LogP) is 3.24. The van der Waals surface area contributed by atoms with Crippen molar-refractivity contribution in [3.8, 4) is 5.75 Å². The van der Waals surface area contributed by atoms with E-state index in [0.29, 0.717) is 0 Å². The number of rotatable bonds is 4. The molecule has 98 valence electrons. The van der Waals surface area contributed by atoms with Crippen molar-refractivity contribution in [3.05, 3.63) is 65.2 Å². The van der Waals surface area contributed by atoms with Crippen LogP contribution in [0.1, 0.15) is 15.9 Å². The molecule has 0 aliphatic heterocycles. The van der Waals surface area contributed by atoms with E-state index in [4.69, 9.17) is 9.84 Å². The van der Waals surface area contributed by atoms with Gasteiger partial charge in [0.05, 0.1) is 5.56 Å². The molecule has 0 bridgehead atoms. The lowest BCUT2D eigenvalue weighted by Crippen LogP contribution is -1.99. The SMILES string of the molecule is O=C(O)c1ccc(COc2ccc(F)c(F)c2)cc1. The Morgan fingerprint density at radius 3 is 2.32 bits per heavy atom. The molecule has 0 atom stereocenters. The first kappa shape index (κ1) is 13.0. The molecule has 0 aliphatic rings. The fraction of sp³-hybridized carbons (Fsp3) is 0.0714. The third kappa shape index (κ3) is 3.28. The van der Waals surface area contributed by atoms with Gasteiger partial charge in [-0.1, -0.05) is 12.1 Å². The van der Waals surface area contributed by atoms with Gasteiger partial charge in [-0.15, -0.1) is 0 Å². The number of aromatic carboxylic acids is 1. The number of carbonyl (C=O) groups is 1. The Morgan fingerprint density at radius 2 is 1.74 bits per heavy atom. The number of hydrogen-bond acceptors (Lipinski definition) is 2. The Hall–Kier alpha value is -2.43. The van der Waals surface area contributed by atoms with E-state index >= 15 is 0 Å². The van der Waals surface area contributed by atoms with Crippen LogP contribution in [0, 0.1) is 11.6 Å². The van der Waals surface area contributed by atoms with Crippen molar-refractivity contribution in [1.82, 2.24) is 0 Å². The van der Waals surface area contributed by atoms with Gasteiger partial charge in [-0.25, -0.2) is 13.6 Å². The van der Waals surface area contributed by atoms with Crippen molar-refractivity contribution < 1.29 is 23.4 Å². The molecule has 0 aromatic heterocycles. The molecule has 2 aromatic carbocycles. The van der Waals surface area contributed by atoms with Gasteiger partial charge in [-0.2, -0.15) is 0 Å². The summed E-state index contributed by atoms with van der Waals surface area (Å²) in [5.74, 6) is -2.70. The van der Waals surface area contributed by atoms with Crippen LogP contribution in [0.5, 0.6) is 5.75 Å². The van der Waals surface area contributed by atoms with Crippen molar-refractivity contribution in [2.45, 2.75) is 6.61 Å². The van der Waals surface area contributed by atoms with Gasteiger partial charge in [0.1, 0.15) is 12.4 Å². The van der Waals surface area contributed by atoms with Gasteiger partial charge >= 0.3 is 5.97 Å². The third-order valence-corrected chi connectivity index (χ3v) is 2.50. The molecule has 19 heavy (non-hydrogen) atoms. The van der Waals surface area contributed by atoms with Gasteiger partial charge < -0.3 is 9.84 Å². The standard InChI is InChI=1S/C14H10F2O3/c15-12-6-5-11(7-13(12)16)19-8-9-1-3-10(4-2-9)14(17)18/h1-7H,8H2,(H,17,18). The average molecular weight is 264 g/mol. The molecule has 1 N–H and O–H groups in total. The molecule has 0 fully saturated rings. The maximum atomic E-state index is 12.9. The normalized spacial score (nSPS) is 10.2. The summed E-state index contributed by atoms with van der Waals surface area (Å²) in [5.41, 5.74) is 0.909. The average Bonchev–Trinajstić information content (AvgIpc) is 2.40. The molecular formula is C14H10F2O3. The van der Waals surface area contributed by atoms with E-state index in [1.807, 2.05) is 0 Å². The van der Waals surface area contributed by atoms with Crippen LogP contribution in [0.3, 0.4) is 0 Å². The smallest absolute Gasteiger partial charge is 0.335 e. The summed E-state index contributed by atoms with van der Waals surface area (Å²) < 4.78 is 30.9. The Morgan fingerprint density at radius 1 is 1.05 bits per heavy atom. The molecule has 0 heterocycles. The lowest BCUT2D eigenvalue weighted by atomic mass is 10.1. The first-order valence-electron chi connectivity index (χ1n) is 5.46. The van der Waals surface area contributed by atoms with Crippen molar-refractivity contribution in [3.63, 3.8) is 0 Å². The van der Waals surface area contributed by atoms with Crippen molar-refractivity contribution in [2.24, 2.45) is 0 Å². The number of benzene rings is 2. The molecular weight excluding hydrogens is 254 g/mol. The summed E-state index contributed by atoms with van der Waals surface area (Å²) in [5, 5.41) is 8.73. The van der Waals surface area contributed by atoms with Gasteiger partial charge in [0.2, 0.25) is 0 Å². The van der Waals surface area contributed by atoms with Crippen LogP contribution in [-0.4, -0.2) is 11.1 Å². The van der Waals surface area contributed by atoms with Crippen LogP contribution in [-0.2, 0) is 6.61 Å². The number of ether oxygens (including phenoxy) is 1. The molecule has 0 saturated carbocycles. The Kier molecular flexibility index (Phi) is 3.75. The minimum atomic E-state index is -1.01. The summed E-state index contributed by atoms with van der Waals surface area (Å²) in [6.45, 7) is 0.144. The first-order valence-corrected chi connectivity index (χ1v) is 5.46. The van der Waals surface area contributed by atoms with E-state index < -0.39 is 17.6 Å². The summed E-state index contributed by atoms with van der Waals surface area (Å²) in [6, 6.07) is 9.37. The second-order valence-corrected chi connectivity index (χ2v) is 3.87. The highest BCUT2D eigenvalue weighted by atomic mass is 19.2. The Balaban J connectivity index is 2.01. The van der Waals surface area contributed by atoms with E-state index in [-0.39, 0.29) is 17.9 Å². The first-order chi connectivity index (χ1) is 9.06. The molecule has 5 heteroatoms. The molecule has 3 nitrogen and oxygen atoms in total. The van der Waals surface area contributed by atoms with Crippen LogP contribution >= 0.6 is 0 Å². The monoisotopic (exact) mass is 264 g/mol. The molecule has 0 spiro atoms. The minimum Gasteiger partial charge on any atom is -0.489 e. The Bertz CT molecular complexity index is 594. The van der Waals surface area contributed by atoms with Gasteiger partial charge in [0, 0.05) is 6.07 Å². The van der Waals surface area contributed by atoms with Crippen LogP contribution < -0.4 is 4.74 Å². The lowest BCUT2D eigenvalue weighted by molar-refractivity contribution is 0.0697. The van der Waals surface area contributed by atoms with Crippen LogP contribution in [0.15, 0.2) is 42.5 Å². The summed E-state index contributed by atoms with van der Waals surface area (Å²) >= 11 is 0. The molecule has 2 aromatic rings. The largest absolute Gasteiger partial charge is 0.489 e. The zero-order valence-electron chi connectivity index (χ0n) is 9.77. The molecule has 0 amide bonds. The summed E-state index contributed by atoms with van der Waals surface area (Å²) in [6.07, 6.45) is 0. The number of hydrogen-bond donors (Lipinski definition) is 1. The second kappa shape index (κ2) is 5.48. The highest BCUT2D eigenvalue weighted by molar-refractivity contribution is 5.87. The van der Waals surface area contributed by atoms with Crippen molar-refractivity contribution in [2.75, 3.05) is 0 Å². The number of carboxylic acid groups (broad SMARTS) is 1.